The highest BCUT2D eigenvalue weighted by Crippen LogP contribution is 2.33. The van der Waals surface area contributed by atoms with Crippen LogP contribution >= 0.6 is 0 Å². The minimum atomic E-state index is 0.213. The molecule has 3 aliphatic rings. The van der Waals surface area contributed by atoms with Crippen LogP contribution in [0.4, 0.5) is 0 Å². The molecule has 3 fully saturated rings. The van der Waals surface area contributed by atoms with Crippen molar-refractivity contribution in [3.05, 3.63) is 0 Å². The van der Waals surface area contributed by atoms with Crippen molar-refractivity contribution < 1.29 is 4.79 Å². The van der Waals surface area contributed by atoms with Crippen LogP contribution in [0.1, 0.15) is 46.0 Å². The molecule has 1 amide bonds. The molecular weight excluding hydrogens is 250 g/mol. The summed E-state index contributed by atoms with van der Waals surface area (Å²) in [6.07, 6.45) is 5.57. The number of amides is 1. The minimum absolute atomic E-state index is 0.213. The van der Waals surface area contributed by atoms with E-state index in [1.165, 1.54) is 19.4 Å². The van der Waals surface area contributed by atoms with Gasteiger partial charge in [0.1, 0.15) is 0 Å². The molecule has 2 heterocycles. The van der Waals surface area contributed by atoms with Crippen LogP contribution in [0.2, 0.25) is 0 Å². The Morgan fingerprint density at radius 3 is 2.70 bits per heavy atom. The summed E-state index contributed by atoms with van der Waals surface area (Å²) in [6, 6.07) is 1.30. The fourth-order valence-corrected chi connectivity index (χ4v) is 4.51. The van der Waals surface area contributed by atoms with Crippen molar-refractivity contribution in [3.63, 3.8) is 0 Å². The molecule has 0 aromatic heterocycles. The lowest BCUT2D eigenvalue weighted by Gasteiger charge is -2.45. The monoisotopic (exact) mass is 279 g/mol. The summed E-state index contributed by atoms with van der Waals surface area (Å²) in [7, 11) is 0. The highest BCUT2D eigenvalue weighted by Gasteiger charge is 2.40. The molecule has 0 aromatic carbocycles. The number of nitrogens with two attached hydrogens (primary N) is 1. The van der Waals surface area contributed by atoms with Crippen molar-refractivity contribution >= 4 is 5.91 Å². The summed E-state index contributed by atoms with van der Waals surface area (Å²) >= 11 is 0. The summed E-state index contributed by atoms with van der Waals surface area (Å²) in [5, 5.41) is 0. The number of carbonyl (C=O) groups is 1. The summed E-state index contributed by atoms with van der Waals surface area (Å²) in [5.41, 5.74) is 6.03. The van der Waals surface area contributed by atoms with Gasteiger partial charge in [-0.25, -0.2) is 0 Å². The molecule has 0 bridgehead atoms. The fraction of sp³-hybridized carbons (Fsp3) is 0.938. The first kappa shape index (κ1) is 14.3. The Morgan fingerprint density at radius 2 is 1.95 bits per heavy atom. The van der Waals surface area contributed by atoms with Crippen molar-refractivity contribution in [2.75, 3.05) is 19.6 Å². The molecule has 1 saturated carbocycles. The SMILES string of the molecule is CC1CC(N)CCC1C(=O)N1CC2CCCN2CC1C. The van der Waals surface area contributed by atoms with Crippen LogP contribution in [-0.2, 0) is 4.79 Å². The van der Waals surface area contributed by atoms with E-state index in [0.29, 0.717) is 30.0 Å². The van der Waals surface area contributed by atoms with Gasteiger partial charge in [-0.3, -0.25) is 9.69 Å². The zero-order chi connectivity index (χ0) is 14.3. The van der Waals surface area contributed by atoms with E-state index in [9.17, 15) is 4.79 Å². The van der Waals surface area contributed by atoms with Crippen LogP contribution in [0.3, 0.4) is 0 Å². The predicted molar refractivity (Wildman–Crippen MR) is 80.3 cm³/mol. The topological polar surface area (TPSA) is 49.6 Å². The largest absolute Gasteiger partial charge is 0.337 e. The van der Waals surface area contributed by atoms with Gasteiger partial charge in [-0.1, -0.05) is 6.92 Å². The normalized spacial score (nSPS) is 42.5. The van der Waals surface area contributed by atoms with Crippen LogP contribution < -0.4 is 5.73 Å². The highest BCUT2D eigenvalue weighted by molar-refractivity contribution is 5.79. The number of nitrogens with zero attached hydrogens (tertiary/aromatic N) is 2. The third-order valence-corrected chi connectivity index (χ3v) is 5.75. The summed E-state index contributed by atoms with van der Waals surface area (Å²) < 4.78 is 0. The number of carbonyl (C=O) groups excluding carboxylic acids is 1. The van der Waals surface area contributed by atoms with E-state index in [-0.39, 0.29) is 5.92 Å². The second kappa shape index (κ2) is 5.64. The predicted octanol–water partition coefficient (Wildman–Crippen LogP) is 1.45. The molecule has 1 aliphatic carbocycles. The molecule has 0 spiro atoms. The summed E-state index contributed by atoms with van der Waals surface area (Å²) in [5.74, 6) is 1.06. The number of rotatable bonds is 1. The van der Waals surface area contributed by atoms with Gasteiger partial charge in [0.05, 0.1) is 0 Å². The molecule has 2 N–H and O–H groups in total. The average Bonchev–Trinajstić information content (AvgIpc) is 2.84. The second-order valence-electron chi connectivity index (χ2n) is 7.29. The van der Waals surface area contributed by atoms with Crippen molar-refractivity contribution in [3.8, 4) is 0 Å². The molecule has 114 valence electrons. The Hall–Kier alpha value is -0.610. The van der Waals surface area contributed by atoms with Crippen molar-refractivity contribution in [1.82, 2.24) is 9.80 Å². The minimum Gasteiger partial charge on any atom is -0.337 e. The fourth-order valence-electron chi connectivity index (χ4n) is 4.51. The lowest BCUT2D eigenvalue weighted by molar-refractivity contribution is -0.144. The van der Waals surface area contributed by atoms with Gasteiger partial charge in [0.15, 0.2) is 0 Å². The van der Waals surface area contributed by atoms with Crippen molar-refractivity contribution in [1.29, 1.82) is 0 Å². The molecule has 3 rings (SSSR count). The van der Waals surface area contributed by atoms with E-state index in [4.69, 9.17) is 5.73 Å². The molecule has 4 heteroatoms. The maximum atomic E-state index is 12.9. The molecular formula is C16H29N3O. The van der Waals surface area contributed by atoms with Crippen molar-refractivity contribution in [2.45, 2.75) is 64.1 Å². The third kappa shape index (κ3) is 2.60. The van der Waals surface area contributed by atoms with Gasteiger partial charge in [0.25, 0.3) is 0 Å². The molecule has 2 saturated heterocycles. The Balaban J connectivity index is 1.67. The zero-order valence-electron chi connectivity index (χ0n) is 12.9. The molecule has 4 nitrogen and oxygen atoms in total. The number of fused-ring (bicyclic) bond motifs is 1. The average molecular weight is 279 g/mol. The standard InChI is InChI=1S/C16H29N3O/c1-11-8-13(17)5-6-15(11)16(20)19-10-14-4-3-7-18(14)9-12(19)2/h11-15H,3-10,17H2,1-2H3. The number of hydrogen-bond donors (Lipinski definition) is 1. The molecule has 0 aromatic rings. The maximum Gasteiger partial charge on any atom is 0.226 e. The molecule has 2 aliphatic heterocycles. The first-order valence-electron chi connectivity index (χ1n) is 8.36. The Bertz CT molecular complexity index is 373. The lowest BCUT2D eigenvalue weighted by Crippen LogP contribution is -2.58. The van der Waals surface area contributed by atoms with Gasteiger partial charge in [0, 0.05) is 37.1 Å². The van der Waals surface area contributed by atoms with Gasteiger partial charge >= 0.3 is 0 Å². The summed E-state index contributed by atoms with van der Waals surface area (Å²) in [4.78, 5) is 17.7. The maximum absolute atomic E-state index is 12.9. The Labute approximate surface area is 122 Å². The highest BCUT2D eigenvalue weighted by atomic mass is 16.2. The smallest absolute Gasteiger partial charge is 0.226 e. The lowest BCUT2D eigenvalue weighted by atomic mass is 9.77. The third-order valence-electron chi connectivity index (χ3n) is 5.75. The van der Waals surface area contributed by atoms with E-state index < -0.39 is 0 Å². The van der Waals surface area contributed by atoms with Crippen LogP contribution in [0.15, 0.2) is 0 Å². The van der Waals surface area contributed by atoms with Gasteiger partial charge < -0.3 is 10.6 Å². The molecule has 20 heavy (non-hydrogen) atoms. The van der Waals surface area contributed by atoms with E-state index in [1.807, 2.05) is 0 Å². The van der Waals surface area contributed by atoms with Gasteiger partial charge in [0.2, 0.25) is 5.91 Å². The number of piperazine rings is 1. The van der Waals surface area contributed by atoms with Crippen LogP contribution in [0.5, 0.6) is 0 Å². The van der Waals surface area contributed by atoms with Gasteiger partial charge in [-0.05, 0) is 51.5 Å². The van der Waals surface area contributed by atoms with Gasteiger partial charge in [-0.2, -0.15) is 0 Å². The van der Waals surface area contributed by atoms with E-state index >= 15 is 0 Å². The van der Waals surface area contributed by atoms with Crippen LogP contribution in [0, 0.1) is 11.8 Å². The van der Waals surface area contributed by atoms with Crippen LogP contribution in [0.25, 0.3) is 0 Å². The first-order valence-corrected chi connectivity index (χ1v) is 8.36. The Morgan fingerprint density at radius 1 is 1.15 bits per heavy atom. The van der Waals surface area contributed by atoms with Gasteiger partial charge in [-0.15, -0.1) is 0 Å². The van der Waals surface area contributed by atoms with E-state index in [1.54, 1.807) is 0 Å². The summed E-state index contributed by atoms with van der Waals surface area (Å²) in [6.45, 7) is 7.67. The Kier molecular flexibility index (Phi) is 4.04. The van der Waals surface area contributed by atoms with Crippen molar-refractivity contribution in [2.24, 2.45) is 17.6 Å². The molecule has 5 atom stereocenters. The zero-order valence-corrected chi connectivity index (χ0v) is 12.9. The van der Waals surface area contributed by atoms with Crippen LogP contribution in [-0.4, -0.2) is 53.5 Å². The second-order valence-corrected chi connectivity index (χ2v) is 7.29. The first-order chi connectivity index (χ1) is 9.56. The van der Waals surface area contributed by atoms with E-state index in [2.05, 4.69) is 23.6 Å². The van der Waals surface area contributed by atoms with E-state index in [0.717, 1.165) is 32.4 Å². The number of hydrogen-bond acceptors (Lipinski definition) is 3. The molecule has 0 radical (unpaired) electrons. The quantitative estimate of drug-likeness (QED) is 0.790. The molecule has 5 unspecified atom stereocenters.